The average Bonchev–Trinajstić information content (AvgIpc) is 3.18. The summed E-state index contributed by atoms with van der Waals surface area (Å²) in [5, 5.41) is 6.34. The predicted molar refractivity (Wildman–Crippen MR) is 136 cm³/mol. The first-order valence-electron chi connectivity index (χ1n) is 11.3. The van der Waals surface area contributed by atoms with Crippen LogP contribution < -0.4 is 15.5 Å². The molecule has 1 saturated heterocycles. The molecular formula is C24H27ClF2N8. The molecule has 5 rings (SSSR count). The first-order valence-corrected chi connectivity index (χ1v) is 11.3. The highest BCUT2D eigenvalue weighted by atomic mass is 35.5. The molecule has 2 N–H and O–H groups in total. The van der Waals surface area contributed by atoms with E-state index < -0.39 is 11.6 Å². The number of pyridine rings is 1. The van der Waals surface area contributed by atoms with E-state index in [0.717, 1.165) is 38.1 Å². The Morgan fingerprint density at radius 3 is 2.46 bits per heavy atom. The van der Waals surface area contributed by atoms with E-state index in [0.29, 0.717) is 22.7 Å². The van der Waals surface area contributed by atoms with Crippen molar-refractivity contribution in [2.75, 3.05) is 36.4 Å². The minimum Gasteiger partial charge on any atom is -0.368 e. The Balaban J connectivity index is 0.00000289. The largest absolute Gasteiger partial charge is 0.368 e. The van der Waals surface area contributed by atoms with Gasteiger partial charge in [0.25, 0.3) is 0 Å². The molecule has 0 amide bonds. The van der Waals surface area contributed by atoms with Crippen molar-refractivity contribution in [1.82, 2.24) is 29.8 Å². The zero-order valence-electron chi connectivity index (χ0n) is 19.7. The van der Waals surface area contributed by atoms with E-state index in [2.05, 4.69) is 35.5 Å². The number of fused-ring (bicyclic) bond motifs is 1. The molecule has 4 heterocycles. The van der Waals surface area contributed by atoms with Gasteiger partial charge in [-0.2, -0.15) is 0 Å². The first kappa shape index (κ1) is 24.7. The summed E-state index contributed by atoms with van der Waals surface area (Å²) < 4.78 is 31.5. The Bertz CT molecular complexity index is 1330. The van der Waals surface area contributed by atoms with Crippen LogP contribution in [0.25, 0.3) is 22.3 Å². The van der Waals surface area contributed by atoms with Gasteiger partial charge in [-0.3, -0.25) is 0 Å². The molecule has 1 aliphatic heterocycles. The number of nitrogens with one attached hydrogen (secondary N) is 2. The van der Waals surface area contributed by atoms with E-state index >= 15 is 0 Å². The molecule has 184 valence electrons. The van der Waals surface area contributed by atoms with Gasteiger partial charge in [0.05, 0.1) is 23.6 Å². The highest BCUT2D eigenvalue weighted by Gasteiger charge is 2.18. The molecule has 0 saturated carbocycles. The van der Waals surface area contributed by atoms with Gasteiger partial charge in [0.2, 0.25) is 5.95 Å². The van der Waals surface area contributed by atoms with Gasteiger partial charge in [0, 0.05) is 37.8 Å². The predicted octanol–water partition coefficient (Wildman–Crippen LogP) is 4.63. The highest BCUT2D eigenvalue weighted by Crippen LogP contribution is 2.30. The maximum Gasteiger partial charge on any atom is 0.229 e. The van der Waals surface area contributed by atoms with E-state index in [9.17, 15) is 8.78 Å². The number of aryl methyl sites for hydroxylation is 1. The Kier molecular flexibility index (Phi) is 7.13. The van der Waals surface area contributed by atoms with E-state index in [1.54, 1.807) is 12.3 Å². The molecule has 3 aromatic heterocycles. The van der Waals surface area contributed by atoms with Gasteiger partial charge >= 0.3 is 0 Å². The fourth-order valence-corrected chi connectivity index (χ4v) is 4.37. The maximum absolute atomic E-state index is 14.9. The Morgan fingerprint density at radius 1 is 1.00 bits per heavy atom. The van der Waals surface area contributed by atoms with Crippen molar-refractivity contribution in [3.63, 3.8) is 0 Å². The number of aromatic nitrogens is 5. The second kappa shape index (κ2) is 10.1. The highest BCUT2D eigenvalue weighted by molar-refractivity contribution is 5.85. The molecule has 1 fully saturated rings. The van der Waals surface area contributed by atoms with E-state index in [1.807, 2.05) is 37.5 Å². The zero-order valence-corrected chi connectivity index (χ0v) is 20.5. The van der Waals surface area contributed by atoms with Crippen LogP contribution in [0.5, 0.6) is 0 Å². The Morgan fingerprint density at radius 2 is 1.77 bits per heavy atom. The lowest BCUT2D eigenvalue weighted by molar-refractivity contribution is 0.589. The van der Waals surface area contributed by atoms with Crippen LogP contribution in [0.3, 0.4) is 0 Å². The van der Waals surface area contributed by atoms with Gasteiger partial charge in [0.15, 0.2) is 11.6 Å². The molecule has 0 unspecified atom stereocenters. The van der Waals surface area contributed by atoms with Gasteiger partial charge < -0.3 is 20.1 Å². The molecular weight excluding hydrogens is 474 g/mol. The van der Waals surface area contributed by atoms with Crippen LogP contribution in [0.15, 0.2) is 36.7 Å². The lowest BCUT2D eigenvalue weighted by atomic mass is 10.1. The molecule has 4 aromatic rings. The third-order valence-corrected chi connectivity index (χ3v) is 5.93. The lowest BCUT2D eigenvalue weighted by Crippen LogP contribution is -2.43. The van der Waals surface area contributed by atoms with Gasteiger partial charge in [-0.05, 0) is 45.0 Å². The van der Waals surface area contributed by atoms with Crippen LogP contribution in [0.2, 0.25) is 0 Å². The van der Waals surface area contributed by atoms with Crippen LogP contribution >= 0.6 is 12.4 Å². The lowest BCUT2D eigenvalue weighted by Gasteiger charge is -2.29. The van der Waals surface area contributed by atoms with Crippen molar-refractivity contribution >= 4 is 40.9 Å². The molecule has 35 heavy (non-hydrogen) atoms. The van der Waals surface area contributed by atoms with Crippen molar-refractivity contribution in [2.24, 2.45) is 0 Å². The van der Waals surface area contributed by atoms with Crippen LogP contribution in [0.4, 0.5) is 26.2 Å². The van der Waals surface area contributed by atoms with Gasteiger partial charge in [0.1, 0.15) is 22.9 Å². The summed E-state index contributed by atoms with van der Waals surface area (Å²) in [6.07, 6.45) is 2.86. The number of piperazine rings is 1. The van der Waals surface area contributed by atoms with Crippen LogP contribution in [-0.4, -0.2) is 50.7 Å². The average molecular weight is 501 g/mol. The topological polar surface area (TPSA) is 83.8 Å². The van der Waals surface area contributed by atoms with Crippen LogP contribution in [0.1, 0.15) is 25.7 Å². The monoisotopic (exact) mass is 500 g/mol. The smallest absolute Gasteiger partial charge is 0.229 e. The number of halogens is 3. The number of hydrogen-bond donors (Lipinski definition) is 2. The molecule has 1 aromatic carbocycles. The zero-order chi connectivity index (χ0) is 23.8. The summed E-state index contributed by atoms with van der Waals surface area (Å²) >= 11 is 0. The number of nitrogens with zero attached hydrogens (tertiary/aromatic N) is 6. The summed E-state index contributed by atoms with van der Waals surface area (Å²) in [5.41, 5.74) is 2.21. The number of imidazole rings is 1. The molecule has 0 spiro atoms. The summed E-state index contributed by atoms with van der Waals surface area (Å²) in [4.78, 5) is 19.4. The van der Waals surface area contributed by atoms with Crippen LogP contribution in [0, 0.1) is 18.6 Å². The minimum atomic E-state index is -0.640. The molecule has 8 nitrogen and oxygen atoms in total. The first-order chi connectivity index (χ1) is 16.4. The van der Waals surface area contributed by atoms with Crippen molar-refractivity contribution in [3.8, 4) is 11.3 Å². The summed E-state index contributed by atoms with van der Waals surface area (Å²) in [6, 6.07) is 6.86. The van der Waals surface area contributed by atoms with Crippen molar-refractivity contribution in [2.45, 2.75) is 26.8 Å². The number of rotatable bonds is 5. The Labute approximate surface area is 208 Å². The van der Waals surface area contributed by atoms with E-state index in [-0.39, 0.29) is 35.6 Å². The SMILES string of the molecule is Cc1nc2c(F)cc(-c3nc(Nc4ccc(N5CCNCC5)cn4)ncc3F)cc2n1C(C)C.Cl. The number of benzene rings is 1. The van der Waals surface area contributed by atoms with Gasteiger partial charge in [-0.25, -0.2) is 28.7 Å². The van der Waals surface area contributed by atoms with Gasteiger partial charge in [-0.15, -0.1) is 12.4 Å². The van der Waals surface area contributed by atoms with Crippen LogP contribution in [-0.2, 0) is 0 Å². The molecule has 0 bridgehead atoms. The molecule has 0 aliphatic carbocycles. The fraction of sp³-hybridized carbons (Fsp3) is 0.333. The van der Waals surface area contributed by atoms with Crippen molar-refractivity contribution in [3.05, 3.63) is 54.1 Å². The maximum atomic E-state index is 14.9. The fourth-order valence-electron chi connectivity index (χ4n) is 4.37. The van der Waals surface area contributed by atoms with E-state index in [4.69, 9.17) is 0 Å². The minimum absolute atomic E-state index is 0. The molecule has 11 heteroatoms. The third kappa shape index (κ3) is 4.89. The second-order valence-electron chi connectivity index (χ2n) is 8.60. The third-order valence-electron chi connectivity index (χ3n) is 5.93. The normalized spacial score (nSPS) is 13.8. The quantitative estimate of drug-likeness (QED) is 0.413. The molecule has 1 aliphatic rings. The van der Waals surface area contributed by atoms with Crippen molar-refractivity contribution < 1.29 is 8.78 Å². The Hall–Kier alpha value is -3.37. The summed E-state index contributed by atoms with van der Waals surface area (Å²) in [6.45, 7) is 9.54. The number of anilines is 3. The standard InChI is InChI=1S/C24H26F2N8.ClH/c1-14(2)34-15(3)30-23-18(25)10-16(11-20(23)34)22-19(26)13-29-24(32-22)31-21-5-4-17(12-28-21)33-8-6-27-7-9-33;/h4-5,10-14,27H,6-9H2,1-3H3,(H,28,29,31,32);1H. The van der Waals surface area contributed by atoms with E-state index in [1.165, 1.54) is 6.07 Å². The second-order valence-corrected chi connectivity index (χ2v) is 8.60. The molecule has 0 radical (unpaired) electrons. The van der Waals surface area contributed by atoms with Crippen molar-refractivity contribution in [1.29, 1.82) is 0 Å². The summed E-state index contributed by atoms with van der Waals surface area (Å²) in [7, 11) is 0. The van der Waals surface area contributed by atoms with Gasteiger partial charge in [-0.1, -0.05) is 0 Å². The summed E-state index contributed by atoms with van der Waals surface area (Å²) in [5.74, 6) is 0.243. The molecule has 0 atom stereocenters. The number of hydrogen-bond acceptors (Lipinski definition) is 7.